The molecule has 3 heteroatoms. The molecule has 0 saturated carbocycles. The SMILES string of the molecule is CC(CO)c1cccc(OC2COC2)c1. The Morgan fingerprint density at radius 3 is 2.93 bits per heavy atom. The lowest BCUT2D eigenvalue weighted by Crippen LogP contribution is -2.38. The van der Waals surface area contributed by atoms with Crippen LogP contribution in [-0.4, -0.2) is 31.0 Å². The summed E-state index contributed by atoms with van der Waals surface area (Å²) in [6, 6.07) is 7.88. The molecule has 3 nitrogen and oxygen atoms in total. The normalized spacial score (nSPS) is 18.3. The number of ether oxygens (including phenoxy) is 2. The van der Waals surface area contributed by atoms with Gasteiger partial charge in [-0.2, -0.15) is 0 Å². The number of aliphatic hydroxyl groups excluding tert-OH is 1. The summed E-state index contributed by atoms with van der Waals surface area (Å²) in [6.07, 6.45) is 0.199. The molecule has 0 radical (unpaired) electrons. The van der Waals surface area contributed by atoms with Crippen LogP contribution in [0.5, 0.6) is 5.75 Å². The fourth-order valence-corrected chi connectivity index (χ4v) is 1.47. The van der Waals surface area contributed by atoms with Crippen LogP contribution in [0.3, 0.4) is 0 Å². The van der Waals surface area contributed by atoms with Gasteiger partial charge in [-0.05, 0) is 17.7 Å². The molecule has 1 atom stereocenters. The topological polar surface area (TPSA) is 38.7 Å². The zero-order valence-electron chi connectivity index (χ0n) is 8.85. The van der Waals surface area contributed by atoms with Crippen molar-refractivity contribution in [3.8, 4) is 5.75 Å². The third-order valence-electron chi connectivity index (χ3n) is 2.61. The summed E-state index contributed by atoms with van der Waals surface area (Å²) in [5.41, 5.74) is 1.11. The monoisotopic (exact) mass is 208 g/mol. The number of benzene rings is 1. The molecule has 2 rings (SSSR count). The molecule has 15 heavy (non-hydrogen) atoms. The van der Waals surface area contributed by atoms with Gasteiger partial charge in [-0.1, -0.05) is 19.1 Å². The number of aliphatic hydroxyl groups is 1. The lowest BCUT2D eigenvalue weighted by molar-refractivity contribution is -0.0797. The van der Waals surface area contributed by atoms with Crippen LogP contribution in [0.4, 0.5) is 0 Å². The van der Waals surface area contributed by atoms with Crippen LogP contribution in [0.1, 0.15) is 18.4 Å². The van der Waals surface area contributed by atoms with E-state index in [1.165, 1.54) is 0 Å². The van der Waals surface area contributed by atoms with E-state index < -0.39 is 0 Å². The zero-order valence-corrected chi connectivity index (χ0v) is 8.85. The summed E-state index contributed by atoms with van der Waals surface area (Å²) in [5.74, 6) is 1.02. The molecule has 1 aromatic carbocycles. The van der Waals surface area contributed by atoms with E-state index in [1.54, 1.807) is 0 Å². The smallest absolute Gasteiger partial charge is 0.145 e. The maximum atomic E-state index is 9.06. The number of hydrogen-bond donors (Lipinski definition) is 1. The Hall–Kier alpha value is -1.06. The Balaban J connectivity index is 2.04. The first-order chi connectivity index (χ1) is 7.29. The van der Waals surface area contributed by atoms with Crippen molar-refractivity contribution in [3.05, 3.63) is 29.8 Å². The van der Waals surface area contributed by atoms with Gasteiger partial charge in [-0.15, -0.1) is 0 Å². The van der Waals surface area contributed by atoms with E-state index in [9.17, 15) is 0 Å². The predicted octanol–water partition coefficient (Wildman–Crippen LogP) is 1.56. The molecule has 1 aliphatic rings. The molecular formula is C12H16O3. The highest BCUT2D eigenvalue weighted by molar-refractivity contribution is 5.30. The van der Waals surface area contributed by atoms with Crippen molar-refractivity contribution in [3.63, 3.8) is 0 Å². The molecule has 1 aliphatic heterocycles. The minimum atomic E-state index is 0.159. The van der Waals surface area contributed by atoms with E-state index in [1.807, 2.05) is 31.2 Å². The highest BCUT2D eigenvalue weighted by Gasteiger charge is 2.20. The lowest BCUT2D eigenvalue weighted by Gasteiger charge is -2.27. The van der Waals surface area contributed by atoms with Gasteiger partial charge >= 0.3 is 0 Å². The van der Waals surface area contributed by atoms with E-state index in [0.717, 1.165) is 11.3 Å². The van der Waals surface area contributed by atoms with E-state index in [-0.39, 0.29) is 18.6 Å². The summed E-state index contributed by atoms with van der Waals surface area (Å²) in [4.78, 5) is 0. The standard InChI is InChI=1S/C12H16O3/c1-9(6-13)10-3-2-4-11(5-10)15-12-7-14-8-12/h2-5,9,12-13H,6-8H2,1H3. The predicted molar refractivity (Wildman–Crippen MR) is 57.2 cm³/mol. The Morgan fingerprint density at radius 1 is 1.53 bits per heavy atom. The second-order valence-electron chi connectivity index (χ2n) is 3.93. The van der Waals surface area contributed by atoms with Gasteiger partial charge in [0.15, 0.2) is 0 Å². The Labute approximate surface area is 89.6 Å². The maximum absolute atomic E-state index is 9.06. The average Bonchev–Trinajstić information content (AvgIpc) is 2.23. The molecule has 1 unspecified atom stereocenters. The molecule has 1 fully saturated rings. The van der Waals surface area contributed by atoms with E-state index in [4.69, 9.17) is 14.6 Å². The van der Waals surface area contributed by atoms with E-state index >= 15 is 0 Å². The van der Waals surface area contributed by atoms with Crippen LogP contribution in [0.15, 0.2) is 24.3 Å². The molecule has 0 amide bonds. The van der Waals surface area contributed by atoms with E-state index in [0.29, 0.717) is 13.2 Å². The third kappa shape index (κ3) is 2.49. The first-order valence-electron chi connectivity index (χ1n) is 5.25. The highest BCUT2D eigenvalue weighted by Crippen LogP contribution is 2.22. The van der Waals surface area contributed by atoms with Gasteiger partial charge in [-0.25, -0.2) is 0 Å². The lowest BCUT2D eigenvalue weighted by atomic mass is 10.0. The van der Waals surface area contributed by atoms with Gasteiger partial charge in [0, 0.05) is 12.5 Å². The van der Waals surface area contributed by atoms with Crippen LogP contribution in [-0.2, 0) is 4.74 Å². The fraction of sp³-hybridized carbons (Fsp3) is 0.500. The summed E-state index contributed by atoms with van der Waals surface area (Å²) < 4.78 is 10.7. The molecule has 1 N–H and O–H groups in total. The van der Waals surface area contributed by atoms with Crippen molar-refractivity contribution in [2.24, 2.45) is 0 Å². The van der Waals surface area contributed by atoms with Crippen LogP contribution < -0.4 is 4.74 Å². The third-order valence-corrected chi connectivity index (χ3v) is 2.61. The zero-order chi connectivity index (χ0) is 10.7. The minimum absolute atomic E-state index is 0.159. The van der Waals surface area contributed by atoms with Gasteiger partial charge in [0.2, 0.25) is 0 Å². The Kier molecular flexibility index (Phi) is 3.23. The van der Waals surface area contributed by atoms with Crippen molar-refractivity contribution < 1.29 is 14.6 Å². The van der Waals surface area contributed by atoms with Gasteiger partial charge < -0.3 is 14.6 Å². The van der Waals surface area contributed by atoms with Crippen molar-refractivity contribution in [1.82, 2.24) is 0 Å². The molecule has 0 bridgehead atoms. The van der Waals surface area contributed by atoms with Crippen molar-refractivity contribution >= 4 is 0 Å². The van der Waals surface area contributed by atoms with Crippen LogP contribution in [0, 0.1) is 0 Å². The molecule has 0 aliphatic carbocycles. The summed E-state index contributed by atoms with van der Waals surface area (Å²) in [7, 11) is 0. The second kappa shape index (κ2) is 4.64. The Morgan fingerprint density at radius 2 is 2.33 bits per heavy atom. The van der Waals surface area contributed by atoms with Crippen molar-refractivity contribution in [2.75, 3.05) is 19.8 Å². The van der Waals surface area contributed by atoms with Crippen molar-refractivity contribution in [2.45, 2.75) is 18.9 Å². The highest BCUT2D eigenvalue weighted by atomic mass is 16.6. The van der Waals surface area contributed by atoms with Crippen LogP contribution in [0.25, 0.3) is 0 Å². The summed E-state index contributed by atoms with van der Waals surface area (Å²) >= 11 is 0. The van der Waals surface area contributed by atoms with Gasteiger partial charge in [0.1, 0.15) is 11.9 Å². The quantitative estimate of drug-likeness (QED) is 0.816. The first-order valence-corrected chi connectivity index (χ1v) is 5.25. The van der Waals surface area contributed by atoms with Crippen molar-refractivity contribution in [1.29, 1.82) is 0 Å². The Bertz CT molecular complexity index is 320. The molecule has 0 spiro atoms. The number of hydrogen-bond acceptors (Lipinski definition) is 3. The minimum Gasteiger partial charge on any atom is -0.486 e. The van der Waals surface area contributed by atoms with Gasteiger partial charge in [0.05, 0.1) is 13.2 Å². The molecule has 82 valence electrons. The maximum Gasteiger partial charge on any atom is 0.145 e. The molecule has 1 aromatic rings. The summed E-state index contributed by atoms with van der Waals surface area (Å²) in [6.45, 7) is 3.52. The van der Waals surface area contributed by atoms with Crippen LogP contribution >= 0.6 is 0 Å². The van der Waals surface area contributed by atoms with E-state index in [2.05, 4.69) is 0 Å². The molecular weight excluding hydrogens is 192 g/mol. The molecule has 1 saturated heterocycles. The summed E-state index contributed by atoms with van der Waals surface area (Å²) in [5, 5.41) is 9.06. The second-order valence-corrected chi connectivity index (χ2v) is 3.93. The van der Waals surface area contributed by atoms with Gasteiger partial charge in [-0.3, -0.25) is 0 Å². The fourth-order valence-electron chi connectivity index (χ4n) is 1.47. The first kappa shape index (κ1) is 10.5. The average molecular weight is 208 g/mol. The van der Waals surface area contributed by atoms with Crippen LogP contribution in [0.2, 0.25) is 0 Å². The molecule has 1 heterocycles. The largest absolute Gasteiger partial charge is 0.486 e. The molecule has 0 aromatic heterocycles. The van der Waals surface area contributed by atoms with Gasteiger partial charge in [0.25, 0.3) is 0 Å². The number of rotatable bonds is 4.